The summed E-state index contributed by atoms with van der Waals surface area (Å²) in [6, 6.07) is 9.64. The zero-order chi connectivity index (χ0) is 22.7. The van der Waals surface area contributed by atoms with Crippen molar-refractivity contribution in [1.82, 2.24) is 24.0 Å². The number of carbonyl (C=O) groups is 1. The van der Waals surface area contributed by atoms with Gasteiger partial charge < -0.3 is 10.3 Å². The molecule has 1 amide bonds. The van der Waals surface area contributed by atoms with E-state index in [0.717, 1.165) is 43.6 Å². The van der Waals surface area contributed by atoms with Crippen molar-refractivity contribution in [1.29, 1.82) is 0 Å². The molecule has 1 aromatic carbocycles. The Morgan fingerprint density at radius 1 is 1.19 bits per heavy atom. The fraction of sp³-hybridized carbons (Fsp3) is 0.478. The maximum atomic E-state index is 12.8. The molecule has 32 heavy (non-hydrogen) atoms. The number of nitrogens with one attached hydrogen (secondary N) is 1. The lowest BCUT2D eigenvalue weighted by Gasteiger charge is -2.30. The van der Waals surface area contributed by atoms with Gasteiger partial charge in [0, 0.05) is 13.1 Å². The Morgan fingerprint density at radius 2 is 1.97 bits per heavy atom. The van der Waals surface area contributed by atoms with Gasteiger partial charge in [0.25, 0.3) is 5.56 Å². The van der Waals surface area contributed by atoms with Crippen molar-refractivity contribution in [2.75, 3.05) is 13.1 Å². The minimum atomic E-state index is -0.468. The molecule has 0 saturated carbocycles. The van der Waals surface area contributed by atoms with E-state index in [1.54, 1.807) is 0 Å². The van der Waals surface area contributed by atoms with Crippen LogP contribution in [0.25, 0.3) is 11.2 Å². The van der Waals surface area contributed by atoms with Crippen molar-refractivity contribution in [3.05, 3.63) is 62.6 Å². The number of hydrogen-bond acceptors (Lipinski definition) is 5. The number of unbranched alkanes of at least 4 members (excludes halogenated alkanes) is 1. The summed E-state index contributed by atoms with van der Waals surface area (Å²) < 4.78 is 3.47. The zero-order valence-electron chi connectivity index (χ0n) is 18.4. The van der Waals surface area contributed by atoms with E-state index in [0.29, 0.717) is 37.3 Å². The van der Waals surface area contributed by atoms with Gasteiger partial charge in [-0.25, -0.2) is 9.78 Å². The highest BCUT2D eigenvalue weighted by Crippen LogP contribution is 2.20. The van der Waals surface area contributed by atoms with Crippen LogP contribution < -0.4 is 17.0 Å². The number of hydrogen-bond donors (Lipinski definition) is 2. The fourth-order valence-corrected chi connectivity index (χ4v) is 4.44. The van der Waals surface area contributed by atoms with E-state index in [1.165, 1.54) is 4.57 Å². The number of benzene rings is 1. The predicted octanol–water partition coefficient (Wildman–Crippen LogP) is 1.43. The standard InChI is InChI=1S/C23H30N6O3/c1-2-3-12-28-18(15-27-11-7-10-17(14-27)20(24)30)25-21-19(28)22(31)26-23(32)29(21)13-16-8-5-4-6-9-16/h4-6,8-9,17H,2-3,7,10-15H2,1H3,(H2,24,30)(H,26,31,32). The molecule has 1 saturated heterocycles. The molecule has 2 aromatic heterocycles. The number of imidazole rings is 1. The lowest BCUT2D eigenvalue weighted by atomic mass is 9.97. The van der Waals surface area contributed by atoms with Crippen LogP contribution in [0.2, 0.25) is 0 Å². The van der Waals surface area contributed by atoms with E-state index in [1.807, 2.05) is 34.9 Å². The summed E-state index contributed by atoms with van der Waals surface area (Å²) in [7, 11) is 0. The van der Waals surface area contributed by atoms with Crippen molar-refractivity contribution in [2.24, 2.45) is 11.7 Å². The summed E-state index contributed by atoms with van der Waals surface area (Å²) in [5, 5.41) is 0. The van der Waals surface area contributed by atoms with Gasteiger partial charge in [0.15, 0.2) is 11.2 Å². The monoisotopic (exact) mass is 438 g/mol. The van der Waals surface area contributed by atoms with E-state index in [-0.39, 0.29) is 11.8 Å². The van der Waals surface area contributed by atoms with Crippen LogP contribution in [0, 0.1) is 5.92 Å². The van der Waals surface area contributed by atoms with Gasteiger partial charge in [-0.1, -0.05) is 43.7 Å². The van der Waals surface area contributed by atoms with E-state index in [4.69, 9.17) is 10.7 Å². The fourth-order valence-electron chi connectivity index (χ4n) is 4.44. The number of amides is 1. The Hall–Kier alpha value is -3.20. The van der Waals surface area contributed by atoms with Crippen molar-refractivity contribution in [3.63, 3.8) is 0 Å². The average Bonchev–Trinajstić information content (AvgIpc) is 3.14. The van der Waals surface area contributed by atoms with Gasteiger partial charge in [0.05, 0.1) is 19.0 Å². The molecule has 9 nitrogen and oxygen atoms in total. The number of piperidine rings is 1. The molecule has 3 N–H and O–H groups in total. The Labute approximate surface area is 185 Å². The van der Waals surface area contributed by atoms with Crippen LogP contribution in [-0.4, -0.2) is 43.0 Å². The third-order valence-electron chi connectivity index (χ3n) is 6.16. The summed E-state index contributed by atoms with van der Waals surface area (Å²) in [5.74, 6) is 0.288. The molecule has 1 atom stereocenters. The van der Waals surface area contributed by atoms with Crippen molar-refractivity contribution < 1.29 is 4.79 Å². The second-order valence-electron chi connectivity index (χ2n) is 8.51. The Bertz CT molecular complexity index is 1210. The van der Waals surface area contributed by atoms with Crippen molar-refractivity contribution in [3.8, 4) is 0 Å². The van der Waals surface area contributed by atoms with Crippen molar-refractivity contribution in [2.45, 2.75) is 52.2 Å². The predicted molar refractivity (Wildman–Crippen MR) is 122 cm³/mol. The minimum absolute atomic E-state index is 0.170. The van der Waals surface area contributed by atoms with Gasteiger partial charge in [0.1, 0.15) is 5.82 Å². The number of nitrogens with two attached hydrogens (primary N) is 1. The number of fused-ring (bicyclic) bond motifs is 1. The first-order chi connectivity index (χ1) is 15.5. The molecule has 1 fully saturated rings. The molecule has 9 heteroatoms. The minimum Gasteiger partial charge on any atom is -0.369 e. The third kappa shape index (κ3) is 4.52. The number of rotatable bonds is 8. The van der Waals surface area contributed by atoms with Crippen LogP contribution in [-0.2, 0) is 24.4 Å². The molecule has 4 rings (SSSR count). The first-order valence-electron chi connectivity index (χ1n) is 11.3. The number of carbonyl (C=O) groups excluding carboxylic acids is 1. The van der Waals surface area contributed by atoms with Gasteiger partial charge in [-0.15, -0.1) is 0 Å². The highest BCUT2D eigenvalue weighted by molar-refractivity contribution is 5.77. The van der Waals surface area contributed by atoms with Gasteiger partial charge in [-0.05, 0) is 31.4 Å². The number of H-pyrrole nitrogens is 1. The van der Waals surface area contributed by atoms with Crippen LogP contribution in [0.3, 0.4) is 0 Å². The molecule has 3 aromatic rings. The van der Waals surface area contributed by atoms with E-state index < -0.39 is 11.2 Å². The van der Waals surface area contributed by atoms with Crippen molar-refractivity contribution >= 4 is 17.1 Å². The average molecular weight is 439 g/mol. The van der Waals surface area contributed by atoms with E-state index >= 15 is 0 Å². The summed E-state index contributed by atoms with van der Waals surface area (Å²) in [5.41, 5.74) is 6.43. The zero-order valence-corrected chi connectivity index (χ0v) is 18.4. The largest absolute Gasteiger partial charge is 0.369 e. The quantitative estimate of drug-likeness (QED) is 0.551. The molecule has 0 aliphatic carbocycles. The van der Waals surface area contributed by atoms with Gasteiger partial charge in [0.2, 0.25) is 5.91 Å². The maximum Gasteiger partial charge on any atom is 0.330 e. The smallest absolute Gasteiger partial charge is 0.330 e. The number of nitrogens with zero attached hydrogens (tertiary/aromatic N) is 4. The molecule has 1 unspecified atom stereocenters. The molecule has 1 aliphatic rings. The molecule has 0 spiro atoms. The Kier molecular flexibility index (Phi) is 6.55. The summed E-state index contributed by atoms with van der Waals surface area (Å²) >= 11 is 0. The topological polar surface area (TPSA) is 119 Å². The van der Waals surface area contributed by atoms with Gasteiger partial charge in [-0.2, -0.15) is 0 Å². The maximum absolute atomic E-state index is 12.8. The molecule has 3 heterocycles. The normalized spacial score (nSPS) is 17.1. The van der Waals surface area contributed by atoms with Crippen LogP contribution in [0.4, 0.5) is 0 Å². The summed E-state index contributed by atoms with van der Waals surface area (Å²) in [6.45, 7) is 4.98. The Morgan fingerprint density at radius 3 is 2.69 bits per heavy atom. The van der Waals surface area contributed by atoms with Gasteiger partial charge in [-0.3, -0.25) is 24.0 Å². The Balaban J connectivity index is 1.77. The second-order valence-corrected chi connectivity index (χ2v) is 8.51. The van der Waals surface area contributed by atoms with E-state index in [2.05, 4.69) is 16.8 Å². The van der Waals surface area contributed by atoms with Crippen LogP contribution in [0.15, 0.2) is 39.9 Å². The number of aromatic nitrogens is 4. The van der Waals surface area contributed by atoms with Gasteiger partial charge >= 0.3 is 5.69 Å². The first-order valence-corrected chi connectivity index (χ1v) is 11.3. The van der Waals surface area contributed by atoms with E-state index in [9.17, 15) is 14.4 Å². The number of aryl methyl sites for hydroxylation is 1. The number of likely N-dealkylation sites (tertiary alicyclic amines) is 1. The molecular formula is C23H30N6O3. The highest BCUT2D eigenvalue weighted by atomic mass is 16.2. The van der Waals surface area contributed by atoms with Crippen LogP contribution >= 0.6 is 0 Å². The molecule has 0 bridgehead atoms. The third-order valence-corrected chi connectivity index (χ3v) is 6.16. The van der Waals surface area contributed by atoms with Crippen LogP contribution in [0.5, 0.6) is 0 Å². The SMILES string of the molecule is CCCCn1c(CN2CCCC(C(N)=O)C2)nc2c1c(=O)[nH]c(=O)n2Cc1ccccc1. The summed E-state index contributed by atoms with van der Waals surface area (Å²) in [4.78, 5) is 46.7. The molecular weight excluding hydrogens is 408 g/mol. The number of aromatic amines is 1. The molecule has 1 aliphatic heterocycles. The number of primary amides is 1. The molecule has 170 valence electrons. The lowest BCUT2D eigenvalue weighted by molar-refractivity contribution is -0.123. The lowest BCUT2D eigenvalue weighted by Crippen LogP contribution is -2.41. The highest BCUT2D eigenvalue weighted by Gasteiger charge is 2.26. The first kappa shape index (κ1) is 22.0. The summed E-state index contributed by atoms with van der Waals surface area (Å²) in [6.07, 6.45) is 3.55. The molecule has 0 radical (unpaired) electrons. The second kappa shape index (κ2) is 9.52. The van der Waals surface area contributed by atoms with Crippen LogP contribution in [0.1, 0.15) is 44.0 Å².